The summed E-state index contributed by atoms with van der Waals surface area (Å²) in [4.78, 5) is 24.8. The van der Waals surface area contributed by atoms with Gasteiger partial charge in [-0.15, -0.1) is 0 Å². The number of likely N-dealkylation sites (tertiary alicyclic amines) is 1. The van der Waals surface area contributed by atoms with Crippen molar-refractivity contribution < 1.29 is 19.8 Å². The largest absolute Gasteiger partial charge is 0.480 e. The maximum Gasteiger partial charge on any atom is 0.326 e. The number of amides is 2. The first-order chi connectivity index (χ1) is 9.35. The lowest BCUT2D eigenvalue weighted by molar-refractivity contribution is -0.139. The molecule has 2 amide bonds. The van der Waals surface area contributed by atoms with E-state index in [1.165, 1.54) is 0 Å². The number of nitrogens with one attached hydrogen (secondary N) is 1. The summed E-state index contributed by atoms with van der Waals surface area (Å²) in [5, 5.41) is 21.7. The van der Waals surface area contributed by atoms with Crippen LogP contribution in [-0.4, -0.2) is 63.9 Å². The molecule has 1 heterocycles. The number of hydrogen-bond acceptors (Lipinski definition) is 4. The van der Waals surface area contributed by atoms with Crippen molar-refractivity contribution in [3.8, 4) is 0 Å². The second kappa shape index (κ2) is 7.73. The smallest absolute Gasteiger partial charge is 0.326 e. The predicted molar refractivity (Wildman–Crippen MR) is 79.0 cm³/mol. The van der Waals surface area contributed by atoms with E-state index < -0.39 is 17.6 Å². The summed E-state index contributed by atoms with van der Waals surface area (Å²) >= 11 is 1.55. The van der Waals surface area contributed by atoms with Crippen LogP contribution >= 0.6 is 11.8 Å². The first-order valence-corrected chi connectivity index (χ1v) is 8.24. The van der Waals surface area contributed by atoms with Crippen LogP contribution in [-0.2, 0) is 4.79 Å². The Hall–Kier alpha value is -0.950. The van der Waals surface area contributed by atoms with Gasteiger partial charge in [0.1, 0.15) is 6.04 Å². The van der Waals surface area contributed by atoms with Crippen LogP contribution in [0, 0.1) is 0 Å². The number of hydrogen-bond donors (Lipinski definition) is 3. The number of nitrogens with zero attached hydrogens (tertiary/aromatic N) is 1. The molecule has 2 atom stereocenters. The van der Waals surface area contributed by atoms with Gasteiger partial charge in [0, 0.05) is 13.1 Å². The zero-order valence-corrected chi connectivity index (χ0v) is 12.9. The van der Waals surface area contributed by atoms with E-state index in [0.717, 1.165) is 6.42 Å². The van der Waals surface area contributed by atoms with Crippen LogP contribution < -0.4 is 5.32 Å². The molecular weight excluding hydrogens is 280 g/mol. The molecule has 3 N–H and O–H groups in total. The third kappa shape index (κ3) is 5.58. The number of carbonyl (C=O) groups is 2. The van der Waals surface area contributed by atoms with Crippen LogP contribution in [0.25, 0.3) is 0 Å². The van der Waals surface area contributed by atoms with E-state index in [-0.39, 0.29) is 6.03 Å². The van der Waals surface area contributed by atoms with Crippen molar-refractivity contribution >= 4 is 23.8 Å². The van der Waals surface area contributed by atoms with Crippen LogP contribution in [0.3, 0.4) is 0 Å². The molecule has 1 fully saturated rings. The minimum atomic E-state index is -1.01. The molecule has 6 nitrogen and oxygen atoms in total. The van der Waals surface area contributed by atoms with Crippen LogP contribution in [0.1, 0.15) is 32.6 Å². The number of carbonyl (C=O) groups excluding carboxylic acids is 1. The van der Waals surface area contributed by atoms with Crippen molar-refractivity contribution in [3.05, 3.63) is 0 Å². The van der Waals surface area contributed by atoms with Gasteiger partial charge in [0.15, 0.2) is 0 Å². The van der Waals surface area contributed by atoms with E-state index in [1.54, 1.807) is 23.6 Å². The maximum atomic E-state index is 12.1. The van der Waals surface area contributed by atoms with Gasteiger partial charge < -0.3 is 20.4 Å². The number of thioether (sulfide) groups is 1. The van der Waals surface area contributed by atoms with Crippen LogP contribution in [0.2, 0.25) is 0 Å². The molecule has 0 bridgehead atoms. The second-order valence-electron chi connectivity index (χ2n) is 5.46. The first-order valence-electron chi connectivity index (χ1n) is 6.85. The maximum absolute atomic E-state index is 12.1. The Kier molecular flexibility index (Phi) is 6.61. The lowest BCUT2D eigenvalue weighted by Crippen LogP contribution is -2.48. The summed E-state index contributed by atoms with van der Waals surface area (Å²) in [6.45, 7) is 2.78. The molecular formula is C13H24N2O4S. The molecule has 0 aromatic carbocycles. The fourth-order valence-corrected chi connectivity index (χ4v) is 2.67. The zero-order valence-electron chi connectivity index (χ0n) is 12.1. The van der Waals surface area contributed by atoms with Gasteiger partial charge in [-0.3, -0.25) is 0 Å². The Morgan fingerprint density at radius 2 is 2.10 bits per heavy atom. The summed E-state index contributed by atoms with van der Waals surface area (Å²) in [7, 11) is 0. The van der Waals surface area contributed by atoms with Crippen molar-refractivity contribution in [2.45, 2.75) is 44.2 Å². The van der Waals surface area contributed by atoms with Crippen LogP contribution in [0.5, 0.6) is 0 Å². The van der Waals surface area contributed by atoms with Gasteiger partial charge in [-0.1, -0.05) is 0 Å². The van der Waals surface area contributed by atoms with Crippen molar-refractivity contribution in [3.63, 3.8) is 0 Å². The first kappa shape index (κ1) is 17.1. The SMILES string of the molecule is CSCC[C@@H](NC(=O)N1CCCC(C)(O)CC1)C(=O)O. The highest BCUT2D eigenvalue weighted by atomic mass is 32.2. The van der Waals surface area contributed by atoms with Gasteiger partial charge in [-0.25, -0.2) is 9.59 Å². The van der Waals surface area contributed by atoms with E-state index in [1.807, 2.05) is 6.26 Å². The number of carboxylic acid groups (broad SMARTS) is 1. The molecule has 0 radical (unpaired) electrons. The van der Waals surface area contributed by atoms with E-state index in [0.29, 0.717) is 38.1 Å². The number of rotatable bonds is 5. The van der Waals surface area contributed by atoms with Crippen molar-refractivity contribution in [1.82, 2.24) is 10.2 Å². The highest BCUT2D eigenvalue weighted by Gasteiger charge is 2.28. The Balaban J connectivity index is 2.53. The van der Waals surface area contributed by atoms with Crippen molar-refractivity contribution in [1.29, 1.82) is 0 Å². The molecule has 1 aliphatic rings. The molecule has 0 aromatic rings. The summed E-state index contributed by atoms with van der Waals surface area (Å²) in [5.74, 6) is -0.319. The van der Waals surface area contributed by atoms with E-state index in [4.69, 9.17) is 5.11 Å². The molecule has 0 saturated carbocycles. The van der Waals surface area contributed by atoms with Gasteiger partial charge in [0.05, 0.1) is 5.60 Å². The normalized spacial score (nSPS) is 24.9. The molecule has 0 aliphatic carbocycles. The zero-order chi connectivity index (χ0) is 15.2. The fraction of sp³-hybridized carbons (Fsp3) is 0.846. The Morgan fingerprint density at radius 1 is 1.40 bits per heavy atom. The Labute approximate surface area is 123 Å². The lowest BCUT2D eigenvalue weighted by atomic mass is 9.98. The highest BCUT2D eigenvalue weighted by molar-refractivity contribution is 7.98. The number of aliphatic hydroxyl groups is 1. The topological polar surface area (TPSA) is 89.9 Å². The number of carboxylic acids is 1. The van der Waals surface area contributed by atoms with E-state index in [9.17, 15) is 14.7 Å². The molecule has 7 heteroatoms. The average molecular weight is 304 g/mol. The summed E-state index contributed by atoms with van der Waals surface area (Å²) < 4.78 is 0. The standard InChI is InChI=1S/C13H24N2O4S/c1-13(19)5-3-7-15(8-6-13)12(18)14-10(11(16)17)4-9-20-2/h10,19H,3-9H2,1-2H3,(H,14,18)(H,16,17)/t10-,13?/m1/s1. The summed E-state index contributed by atoms with van der Waals surface area (Å²) in [6, 6.07) is -1.20. The van der Waals surface area contributed by atoms with Crippen LogP contribution in [0.4, 0.5) is 4.79 Å². The molecule has 1 unspecified atom stereocenters. The molecule has 1 rings (SSSR count). The van der Waals surface area contributed by atoms with Gasteiger partial charge in [0.2, 0.25) is 0 Å². The molecule has 116 valence electrons. The van der Waals surface area contributed by atoms with Crippen LogP contribution in [0.15, 0.2) is 0 Å². The van der Waals surface area contributed by atoms with Crippen molar-refractivity contribution in [2.24, 2.45) is 0 Å². The minimum absolute atomic E-state index is 0.351. The molecule has 20 heavy (non-hydrogen) atoms. The fourth-order valence-electron chi connectivity index (χ4n) is 2.20. The summed E-state index contributed by atoms with van der Waals surface area (Å²) in [6.07, 6.45) is 4.21. The van der Waals surface area contributed by atoms with E-state index >= 15 is 0 Å². The molecule has 1 saturated heterocycles. The quantitative estimate of drug-likeness (QED) is 0.708. The lowest BCUT2D eigenvalue weighted by Gasteiger charge is -2.24. The monoisotopic (exact) mass is 304 g/mol. The third-order valence-electron chi connectivity index (χ3n) is 3.56. The average Bonchev–Trinajstić information content (AvgIpc) is 2.55. The predicted octanol–water partition coefficient (Wildman–Crippen LogP) is 1.14. The number of aliphatic carboxylic acids is 1. The van der Waals surface area contributed by atoms with Gasteiger partial charge in [0.25, 0.3) is 0 Å². The van der Waals surface area contributed by atoms with Gasteiger partial charge in [-0.05, 0) is 44.6 Å². The Bertz CT molecular complexity index is 349. The van der Waals surface area contributed by atoms with Gasteiger partial charge >= 0.3 is 12.0 Å². The van der Waals surface area contributed by atoms with Crippen molar-refractivity contribution in [2.75, 3.05) is 25.1 Å². The molecule has 1 aliphatic heterocycles. The van der Waals surface area contributed by atoms with Gasteiger partial charge in [-0.2, -0.15) is 11.8 Å². The molecule has 0 aromatic heterocycles. The second-order valence-corrected chi connectivity index (χ2v) is 6.44. The van der Waals surface area contributed by atoms with E-state index in [2.05, 4.69) is 5.32 Å². The Morgan fingerprint density at radius 3 is 2.70 bits per heavy atom. The molecule has 0 spiro atoms. The third-order valence-corrected chi connectivity index (χ3v) is 4.20. The summed E-state index contributed by atoms with van der Waals surface area (Å²) in [5.41, 5.74) is -0.736. The highest BCUT2D eigenvalue weighted by Crippen LogP contribution is 2.21. The number of urea groups is 1. The minimum Gasteiger partial charge on any atom is -0.480 e.